The molecule has 0 radical (unpaired) electrons. The number of hydrogen-bond acceptors (Lipinski definition) is 3. The molecule has 0 saturated carbocycles. The number of methoxy groups -OCH3 is 1. The first-order valence-electron chi connectivity index (χ1n) is 8.09. The van der Waals surface area contributed by atoms with Crippen LogP contribution in [0.5, 0.6) is 0 Å². The highest BCUT2D eigenvalue weighted by Crippen LogP contribution is 2.16. The van der Waals surface area contributed by atoms with Gasteiger partial charge in [-0.25, -0.2) is 4.39 Å². The van der Waals surface area contributed by atoms with Crippen LogP contribution in [0.3, 0.4) is 0 Å². The Bertz CT molecular complexity index is 743. The number of halogens is 1. The fourth-order valence-electron chi connectivity index (χ4n) is 2.54. The summed E-state index contributed by atoms with van der Waals surface area (Å²) in [7, 11) is 1.31. The summed E-state index contributed by atoms with van der Waals surface area (Å²) in [5.74, 6) is -1.94. The molecule has 5 heteroatoms. The Morgan fingerprint density at radius 2 is 1.76 bits per heavy atom. The average Bonchev–Trinajstić information content (AvgIpc) is 2.62. The topological polar surface area (TPSA) is 46.6 Å². The molecule has 4 nitrogen and oxygen atoms in total. The second kappa shape index (κ2) is 8.42. The van der Waals surface area contributed by atoms with E-state index in [4.69, 9.17) is 4.74 Å². The van der Waals surface area contributed by atoms with Crippen LogP contribution in [0, 0.1) is 18.7 Å². The molecule has 25 heavy (non-hydrogen) atoms. The minimum absolute atomic E-state index is 0.00771. The molecule has 0 aliphatic heterocycles. The van der Waals surface area contributed by atoms with E-state index in [0.29, 0.717) is 0 Å². The van der Waals surface area contributed by atoms with Crippen molar-refractivity contribution in [3.63, 3.8) is 0 Å². The molecule has 0 N–H and O–H groups in total. The van der Waals surface area contributed by atoms with E-state index < -0.39 is 23.6 Å². The lowest BCUT2D eigenvalue weighted by Crippen LogP contribution is -2.37. The Labute approximate surface area is 147 Å². The van der Waals surface area contributed by atoms with E-state index in [1.54, 1.807) is 13.0 Å². The summed E-state index contributed by atoms with van der Waals surface area (Å²) in [5.41, 5.74) is 2.01. The van der Waals surface area contributed by atoms with Gasteiger partial charge in [-0.3, -0.25) is 9.59 Å². The highest BCUT2D eigenvalue weighted by Gasteiger charge is 2.24. The van der Waals surface area contributed by atoms with Crippen molar-refractivity contribution in [3.8, 4) is 0 Å². The molecule has 0 saturated heterocycles. The molecule has 0 aliphatic carbocycles. The van der Waals surface area contributed by atoms with Crippen LogP contribution in [0.1, 0.15) is 28.4 Å². The van der Waals surface area contributed by atoms with Gasteiger partial charge >= 0.3 is 5.97 Å². The number of esters is 1. The molecule has 132 valence electrons. The predicted molar refractivity (Wildman–Crippen MR) is 93.5 cm³/mol. The molecule has 2 rings (SSSR count). The van der Waals surface area contributed by atoms with E-state index in [9.17, 15) is 14.0 Å². The van der Waals surface area contributed by atoms with Crippen LogP contribution in [0.25, 0.3) is 0 Å². The summed E-state index contributed by atoms with van der Waals surface area (Å²) < 4.78 is 18.8. The van der Waals surface area contributed by atoms with E-state index in [2.05, 4.69) is 0 Å². The van der Waals surface area contributed by atoms with Gasteiger partial charge in [0.1, 0.15) is 5.82 Å². The summed E-state index contributed by atoms with van der Waals surface area (Å²) in [6.45, 7) is 4.09. The van der Waals surface area contributed by atoms with Gasteiger partial charge in [0.05, 0.1) is 18.6 Å². The Morgan fingerprint density at radius 1 is 1.12 bits per heavy atom. The third kappa shape index (κ3) is 4.89. The average molecular weight is 343 g/mol. The second-order valence-corrected chi connectivity index (χ2v) is 6.08. The van der Waals surface area contributed by atoms with Crippen molar-refractivity contribution in [3.05, 3.63) is 71.0 Å². The normalized spacial score (nSPS) is 11.7. The number of carbonyl (C=O) groups excluding carboxylic acids is 2. The molecular weight excluding hydrogens is 321 g/mol. The van der Waals surface area contributed by atoms with Gasteiger partial charge in [-0.1, -0.05) is 48.9 Å². The quantitative estimate of drug-likeness (QED) is 0.753. The third-order valence-electron chi connectivity index (χ3n) is 3.98. The van der Waals surface area contributed by atoms with Crippen molar-refractivity contribution in [2.24, 2.45) is 5.92 Å². The number of nitrogens with zero attached hydrogens (tertiary/aromatic N) is 1. The first kappa shape index (κ1) is 18.6. The number of rotatable bonds is 6. The van der Waals surface area contributed by atoms with Gasteiger partial charge in [0.15, 0.2) is 0 Å². The minimum Gasteiger partial charge on any atom is -0.469 e. The van der Waals surface area contributed by atoms with Crippen LogP contribution < -0.4 is 0 Å². The molecular formula is C20H22FNO3. The number of hydrogen-bond donors (Lipinski definition) is 0. The monoisotopic (exact) mass is 343 g/mol. The van der Waals surface area contributed by atoms with Gasteiger partial charge in [0.2, 0.25) is 0 Å². The SMILES string of the molecule is COC(=O)C(C)CN(Cc1ccc(C)cc1)C(=O)c1ccccc1F. The molecule has 2 aromatic carbocycles. The molecule has 0 fully saturated rings. The fourth-order valence-corrected chi connectivity index (χ4v) is 2.54. The van der Waals surface area contributed by atoms with Crippen molar-refractivity contribution in [1.29, 1.82) is 0 Å². The first-order chi connectivity index (χ1) is 11.9. The zero-order valence-corrected chi connectivity index (χ0v) is 14.7. The van der Waals surface area contributed by atoms with Crippen LogP contribution in [-0.4, -0.2) is 30.4 Å². The van der Waals surface area contributed by atoms with Crippen molar-refractivity contribution in [2.45, 2.75) is 20.4 Å². The lowest BCUT2D eigenvalue weighted by atomic mass is 10.1. The Hall–Kier alpha value is -2.69. The summed E-state index contributed by atoms with van der Waals surface area (Å²) >= 11 is 0. The zero-order chi connectivity index (χ0) is 18.4. The Morgan fingerprint density at radius 3 is 2.36 bits per heavy atom. The van der Waals surface area contributed by atoms with E-state index in [1.165, 1.54) is 30.2 Å². The van der Waals surface area contributed by atoms with Crippen molar-refractivity contribution >= 4 is 11.9 Å². The van der Waals surface area contributed by atoms with Crippen LogP contribution >= 0.6 is 0 Å². The van der Waals surface area contributed by atoms with Crippen LogP contribution in [0.15, 0.2) is 48.5 Å². The second-order valence-electron chi connectivity index (χ2n) is 6.08. The van der Waals surface area contributed by atoms with Gasteiger partial charge in [0, 0.05) is 13.1 Å². The minimum atomic E-state index is -0.577. The van der Waals surface area contributed by atoms with E-state index >= 15 is 0 Å². The van der Waals surface area contributed by atoms with Gasteiger partial charge in [-0.2, -0.15) is 0 Å². The van der Waals surface area contributed by atoms with Crippen molar-refractivity contribution < 1.29 is 18.7 Å². The van der Waals surface area contributed by atoms with Gasteiger partial charge in [-0.15, -0.1) is 0 Å². The van der Waals surface area contributed by atoms with Crippen LogP contribution in [0.4, 0.5) is 4.39 Å². The molecule has 1 amide bonds. The number of amides is 1. The van der Waals surface area contributed by atoms with Gasteiger partial charge < -0.3 is 9.64 Å². The standard InChI is InChI=1S/C20H22FNO3/c1-14-8-10-16(11-9-14)13-22(12-15(2)20(24)25-3)19(23)17-6-4-5-7-18(17)21/h4-11,15H,12-13H2,1-3H3. The van der Waals surface area contributed by atoms with Crippen molar-refractivity contribution in [2.75, 3.05) is 13.7 Å². The molecule has 1 unspecified atom stereocenters. The number of carbonyl (C=O) groups is 2. The van der Waals surface area contributed by atoms with Crippen LogP contribution in [0.2, 0.25) is 0 Å². The van der Waals surface area contributed by atoms with Gasteiger partial charge in [-0.05, 0) is 24.6 Å². The predicted octanol–water partition coefficient (Wildman–Crippen LogP) is 3.59. The molecule has 0 bridgehead atoms. The Balaban J connectivity index is 2.27. The fraction of sp³-hybridized carbons (Fsp3) is 0.300. The smallest absolute Gasteiger partial charge is 0.310 e. The largest absolute Gasteiger partial charge is 0.469 e. The van der Waals surface area contributed by atoms with E-state index in [-0.39, 0.29) is 18.7 Å². The molecule has 0 heterocycles. The molecule has 0 spiro atoms. The highest BCUT2D eigenvalue weighted by molar-refractivity contribution is 5.94. The summed E-state index contributed by atoms with van der Waals surface area (Å²) in [4.78, 5) is 26.0. The summed E-state index contributed by atoms with van der Waals surface area (Å²) in [6, 6.07) is 13.6. The maximum Gasteiger partial charge on any atom is 0.310 e. The lowest BCUT2D eigenvalue weighted by Gasteiger charge is -2.25. The number of benzene rings is 2. The van der Waals surface area contributed by atoms with E-state index in [0.717, 1.165) is 11.1 Å². The summed E-state index contributed by atoms with van der Waals surface area (Å²) in [5, 5.41) is 0. The molecule has 2 aromatic rings. The van der Waals surface area contributed by atoms with Crippen molar-refractivity contribution in [1.82, 2.24) is 4.90 Å². The molecule has 1 atom stereocenters. The van der Waals surface area contributed by atoms with Crippen LogP contribution in [-0.2, 0) is 16.1 Å². The first-order valence-corrected chi connectivity index (χ1v) is 8.09. The Kier molecular flexibility index (Phi) is 6.28. The lowest BCUT2D eigenvalue weighted by molar-refractivity contribution is -0.145. The number of ether oxygens (including phenoxy) is 1. The maximum absolute atomic E-state index is 14.0. The number of aryl methyl sites for hydroxylation is 1. The zero-order valence-electron chi connectivity index (χ0n) is 14.7. The molecule has 0 aromatic heterocycles. The third-order valence-corrected chi connectivity index (χ3v) is 3.98. The summed E-state index contributed by atoms with van der Waals surface area (Å²) in [6.07, 6.45) is 0. The maximum atomic E-state index is 14.0. The van der Waals surface area contributed by atoms with Gasteiger partial charge in [0.25, 0.3) is 5.91 Å². The molecule has 0 aliphatic rings. The highest BCUT2D eigenvalue weighted by atomic mass is 19.1. The van der Waals surface area contributed by atoms with E-state index in [1.807, 2.05) is 31.2 Å².